The first-order chi connectivity index (χ1) is 10.6. The molecule has 7 heteroatoms. The molecule has 3 rings (SSSR count). The molecule has 114 valence electrons. The van der Waals surface area contributed by atoms with Gasteiger partial charge < -0.3 is 0 Å². The number of thiophene rings is 1. The van der Waals surface area contributed by atoms with E-state index >= 15 is 0 Å². The van der Waals surface area contributed by atoms with E-state index in [1.54, 1.807) is 46.4 Å². The first-order valence-corrected chi connectivity index (χ1v) is 9.18. The van der Waals surface area contributed by atoms with Crippen LogP contribution in [0.5, 0.6) is 0 Å². The minimum absolute atomic E-state index is 0.273. The van der Waals surface area contributed by atoms with E-state index in [4.69, 9.17) is 0 Å². The molecule has 0 saturated heterocycles. The van der Waals surface area contributed by atoms with Crippen LogP contribution in [-0.2, 0) is 16.6 Å². The lowest BCUT2D eigenvalue weighted by Crippen LogP contribution is -2.27. The summed E-state index contributed by atoms with van der Waals surface area (Å²) in [6.07, 6.45) is 1.85. The lowest BCUT2D eigenvalue weighted by molar-refractivity contribution is 0.561. The Morgan fingerprint density at radius 3 is 2.68 bits per heavy atom. The summed E-state index contributed by atoms with van der Waals surface area (Å²) in [5.74, 6) is 0. The zero-order valence-corrected chi connectivity index (χ0v) is 13.3. The number of hydrogen-bond acceptors (Lipinski definition) is 4. The van der Waals surface area contributed by atoms with Gasteiger partial charge in [0.1, 0.15) is 0 Å². The van der Waals surface area contributed by atoms with E-state index in [0.29, 0.717) is 13.1 Å². The molecule has 0 unspecified atom stereocenters. The second-order valence-electron chi connectivity index (χ2n) is 4.69. The van der Waals surface area contributed by atoms with E-state index in [-0.39, 0.29) is 4.90 Å². The number of rotatable bonds is 6. The normalized spacial score (nSPS) is 11.6. The van der Waals surface area contributed by atoms with Gasteiger partial charge in [-0.1, -0.05) is 18.2 Å². The lowest BCUT2D eigenvalue weighted by atomic mass is 10.2. The molecule has 0 spiro atoms. The Hall–Kier alpha value is -1.96. The summed E-state index contributed by atoms with van der Waals surface area (Å²) in [5, 5.41) is 8.47. The number of benzene rings is 1. The van der Waals surface area contributed by atoms with Gasteiger partial charge in [-0.3, -0.25) is 4.68 Å². The van der Waals surface area contributed by atoms with Crippen molar-refractivity contribution in [1.82, 2.24) is 14.5 Å². The molecule has 0 fully saturated rings. The van der Waals surface area contributed by atoms with Crippen LogP contribution in [0, 0.1) is 0 Å². The van der Waals surface area contributed by atoms with Gasteiger partial charge in [-0.25, -0.2) is 13.1 Å². The second kappa shape index (κ2) is 6.43. The van der Waals surface area contributed by atoms with Crippen LogP contribution in [0.15, 0.2) is 64.3 Å². The summed E-state index contributed by atoms with van der Waals surface area (Å²) < 4.78 is 28.5. The minimum atomic E-state index is -3.46. The van der Waals surface area contributed by atoms with E-state index in [9.17, 15) is 8.42 Å². The monoisotopic (exact) mass is 333 g/mol. The summed E-state index contributed by atoms with van der Waals surface area (Å²) in [5.41, 5.74) is 1.97. The highest BCUT2D eigenvalue weighted by Gasteiger charge is 2.12. The van der Waals surface area contributed by atoms with E-state index in [0.717, 1.165) is 11.3 Å². The molecule has 5 nitrogen and oxygen atoms in total. The average molecular weight is 333 g/mol. The highest BCUT2D eigenvalue weighted by molar-refractivity contribution is 7.89. The van der Waals surface area contributed by atoms with Gasteiger partial charge >= 0.3 is 0 Å². The van der Waals surface area contributed by atoms with Gasteiger partial charge in [0.25, 0.3) is 0 Å². The summed E-state index contributed by atoms with van der Waals surface area (Å²) in [4.78, 5) is 0.273. The molecule has 2 aromatic heterocycles. The molecule has 1 N–H and O–H groups in total. The Balaban J connectivity index is 1.60. The first kappa shape index (κ1) is 15.0. The summed E-state index contributed by atoms with van der Waals surface area (Å²) in [7, 11) is -3.46. The summed E-state index contributed by atoms with van der Waals surface area (Å²) >= 11 is 1.62. The zero-order chi connectivity index (χ0) is 15.4. The number of sulfonamides is 1. The predicted molar refractivity (Wildman–Crippen MR) is 87.2 cm³/mol. The van der Waals surface area contributed by atoms with Gasteiger partial charge in [0.15, 0.2) is 0 Å². The SMILES string of the molecule is O=S(=O)(NCCn1ccc(-c2ccsc2)n1)c1ccccc1. The number of hydrogen-bond donors (Lipinski definition) is 1. The highest BCUT2D eigenvalue weighted by atomic mass is 32.2. The van der Waals surface area contributed by atoms with Gasteiger partial charge in [0.2, 0.25) is 10.0 Å². The molecular weight excluding hydrogens is 318 g/mol. The molecule has 0 aliphatic heterocycles. The van der Waals surface area contributed by atoms with Crippen molar-refractivity contribution in [3.63, 3.8) is 0 Å². The maximum absolute atomic E-state index is 12.1. The van der Waals surface area contributed by atoms with Crippen LogP contribution in [0.4, 0.5) is 0 Å². The fourth-order valence-corrected chi connectivity index (χ4v) is 3.72. The Kier molecular flexibility index (Phi) is 4.37. The average Bonchev–Trinajstić information content (AvgIpc) is 3.19. The van der Waals surface area contributed by atoms with Crippen LogP contribution in [0.25, 0.3) is 11.3 Å². The molecule has 3 aromatic rings. The second-order valence-corrected chi connectivity index (χ2v) is 7.23. The minimum Gasteiger partial charge on any atom is -0.271 e. The quantitative estimate of drug-likeness (QED) is 0.754. The number of aromatic nitrogens is 2. The third kappa shape index (κ3) is 3.44. The molecule has 0 aliphatic carbocycles. The van der Waals surface area contributed by atoms with Crippen LogP contribution in [0.1, 0.15) is 0 Å². The molecule has 0 atom stereocenters. The van der Waals surface area contributed by atoms with Gasteiger partial charge in [0.05, 0.1) is 17.1 Å². The molecule has 0 radical (unpaired) electrons. The third-order valence-electron chi connectivity index (χ3n) is 3.14. The van der Waals surface area contributed by atoms with Crippen molar-refractivity contribution < 1.29 is 8.42 Å². The highest BCUT2D eigenvalue weighted by Crippen LogP contribution is 2.19. The third-order valence-corrected chi connectivity index (χ3v) is 5.30. The Labute approximate surface area is 133 Å². The van der Waals surface area contributed by atoms with E-state index < -0.39 is 10.0 Å². The molecule has 22 heavy (non-hydrogen) atoms. The van der Waals surface area contributed by atoms with E-state index in [1.807, 2.05) is 29.1 Å². The van der Waals surface area contributed by atoms with Crippen LogP contribution < -0.4 is 4.72 Å². The van der Waals surface area contributed by atoms with Gasteiger partial charge in [-0.05, 0) is 29.6 Å². The molecule has 0 amide bonds. The first-order valence-electron chi connectivity index (χ1n) is 6.76. The molecule has 1 aromatic carbocycles. The molecule has 2 heterocycles. The Morgan fingerprint density at radius 2 is 1.95 bits per heavy atom. The maximum Gasteiger partial charge on any atom is 0.240 e. The van der Waals surface area contributed by atoms with Crippen molar-refractivity contribution in [1.29, 1.82) is 0 Å². The standard InChI is InChI=1S/C15H15N3O2S2/c19-22(20,14-4-2-1-3-5-14)16-8-10-18-9-6-15(17-18)13-7-11-21-12-13/h1-7,9,11-12,16H,8,10H2. The number of nitrogens with zero attached hydrogens (tertiary/aromatic N) is 2. The van der Waals surface area contributed by atoms with Gasteiger partial charge in [-0.2, -0.15) is 16.4 Å². The predicted octanol–water partition coefficient (Wildman–Crippen LogP) is 2.59. The van der Waals surface area contributed by atoms with Crippen LogP contribution in [-0.4, -0.2) is 24.7 Å². The van der Waals surface area contributed by atoms with Gasteiger partial charge in [-0.15, -0.1) is 0 Å². The van der Waals surface area contributed by atoms with E-state index in [1.165, 1.54) is 0 Å². The zero-order valence-electron chi connectivity index (χ0n) is 11.7. The van der Waals surface area contributed by atoms with Crippen molar-refractivity contribution in [2.45, 2.75) is 11.4 Å². The molecule has 0 aliphatic rings. The molecule has 0 bridgehead atoms. The fraction of sp³-hybridized carbons (Fsp3) is 0.133. The Morgan fingerprint density at radius 1 is 1.14 bits per heavy atom. The van der Waals surface area contributed by atoms with Gasteiger partial charge in [0, 0.05) is 23.7 Å². The lowest BCUT2D eigenvalue weighted by Gasteiger charge is -2.06. The summed E-state index contributed by atoms with van der Waals surface area (Å²) in [6, 6.07) is 12.3. The van der Waals surface area contributed by atoms with Crippen molar-refractivity contribution in [3.8, 4) is 11.3 Å². The van der Waals surface area contributed by atoms with Crippen molar-refractivity contribution in [3.05, 3.63) is 59.4 Å². The maximum atomic E-state index is 12.1. The van der Waals surface area contributed by atoms with Crippen LogP contribution in [0.2, 0.25) is 0 Å². The van der Waals surface area contributed by atoms with Crippen molar-refractivity contribution in [2.75, 3.05) is 6.54 Å². The Bertz CT molecular complexity index is 825. The molecule has 0 saturated carbocycles. The smallest absolute Gasteiger partial charge is 0.240 e. The van der Waals surface area contributed by atoms with Crippen molar-refractivity contribution in [2.24, 2.45) is 0 Å². The largest absolute Gasteiger partial charge is 0.271 e. The van der Waals surface area contributed by atoms with Crippen LogP contribution >= 0.6 is 11.3 Å². The number of nitrogens with one attached hydrogen (secondary N) is 1. The summed E-state index contributed by atoms with van der Waals surface area (Å²) in [6.45, 7) is 0.776. The van der Waals surface area contributed by atoms with Crippen molar-refractivity contribution >= 4 is 21.4 Å². The van der Waals surface area contributed by atoms with E-state index in [2.05, 4.69) is 9.82 Å². The molecular formula is C15H15N3O2S2. The topological polar surface area (TPSA) is 64.0 Å². The fourth-order valence-electron chi connectivity index (χ4n) is 2.03. The van der Waals surface area contributed by atoms with Crippen LogP contribution in [0.3, 0.4) is 0 Å².